The predicted octanol–water partition coefficient (Wildman–Crippen LogP) is 13.6. The number of hydrogen-bond acceptors (Lipinski definition) is 4. The van der Waals surface area contributed by atoms with Crippen LogP contribution in [0.4, 0.5) is 0 Å². The van der Waals surface area contributed by atoms with E-state index < -0.39 is 6.10 Å². The van der Waals surface area contributed by atoms with E-state index in [9.17, 15) is 9.90 Å². The quantitative estimate of drug-likeness (QED) is 0.0528. The fraction of sp³-hybridized carbons (Fsp3) is 0.976. The molecule has 0 radical (unpaired) electrons. The van der Waals surface area contributed by atoms with Crippen molar-refractivity contribution in [2.75, 3.05) is 19.8 Å². The van der Waals surface area contributed by atoms with E-state index in [-0.39, 0.29) is 12.6 Å². The summed E-state index contributed by atoms with van der Waals surface area (Å²) in [5.74, 6) is -0.193. The second kappa shape index (κ2) is 40.6. The monoisotopic (exact) mass is 653 g/mol. The third-order valence-corrected chi connectivity index (χ3v) is 9.68. The highest BCUT2D eigenvalue weighted by Gasteiger charge is 2.13. The summed E-state index contributed by atoms with van der Waals surface area (Å²) in [6.07, 6.45) is 45.9. The van der Waals surface area contributed by atoms with Gasteiger partial charge in [-0.2, -0.15) is 0 Å². The van der Waals surface area contributed by atoms with Crippen LogP contribution in [0, 0.1) is 0 Å². The normalized spacial score (nSPS) is 12.2. The number of carbonyl (C=O) groups is 1. The Hall–Kier alpha value is -0.610. The van der Waals surface area contributed by atoms with Crippen molar-refractivity contribution in [3.05, 3.63) is 0 Å². The van der Waals surface area contributed by atoms with Crippen LogP contribution in [0.1, 0.15) is 239 Å². The van der Waals surface area contributed by atoms with Gasteiger partial charge in [-0.1, -0.05) is 219 Å². The lowest BCUT2D eigenvalue weighted by Gasteiger charge is -2.16. The summed E-state index contributed by atoms with van der Waals surface area (Å²) in [6.45, 7) is 5.40. The molecule has 0 amide bonds. The maximum atomic E-state index is 12.2. The van der Waals surface area contributed by atoms with Gasteiger partial charge in [0, 0.05) is 13.0 Å². The summed E-state index contributed by atoms with van der Waals surface area (Å²) in [5, 5.41) is 9.59. The maximum absolute atomic E-state index is 12.2. The fourth-order valence-electron chi connectivity index (χ4n) is 6.51. The third kappa shape index (κ3) is 37.8. The van der Waals surface area contributed by atoms with E-state index in [1.165, 1.54) is 199 Å². The number of unbranched alkanes of at least 4 members (excludes halogenated alkanes) is 32. The van der Waals surface area contributed by atoms with Crippen molar-refractivity contribution in [3.8, 4) is 0 Å². The van der Waals surface area contributed by atoms with Crippen molar-refractivity contribution in [2.45, 2.75) is 245 Å². The molecule has 0 fully saturated rings. The third-order valence-electron chi connectivity index (χ3n) is 9.68. The predicted molar refractivity (Wildman–Crippen MR) is 201 cm³/mol. The summed E-state index contributed by atoms with van der Waals surface area (Å²) in [5.41, 5.74) is 0. The van der Waals surface area contributed by atoms with Crippen molar-refractivity contribution in [1.29, 1.82) is 0 Å². The SMILES string of the molecule is CCCCCCCCCCCCCCCCCCCCOCC(CO)OC(=O)CCCCCCCCCCCCCCCCCC. The molecule has 46 heavy (non-hydrogen) atoms. The molecule has 0 rings (SSSR count). The van der Waals surface area contributed by atoms with Crippen LogP contribution in [-0.2, 0) is 14.3 Å². The minimum Gasteiger partial charge on any atom is -0.457 e. The van der Waals surface area contributed by atoms with Gasteiger partial charge in [0.2, 0.25) is 0 Å². The maximum Gasteiger partial charge on any atom is 0.306 e. The van der Waals surface area contributed by atoms with Gasteiger partial charge >= 0.3 is 5.97 Å². The molecule has 0 saturated heterocycles. The molecule has 0 bridgehead atoms. The molecule has 0 aliphatic heterocycles. The van der Waals surface area contributed by atoms with Crippen LogP contribution in [0.3, 0.4) is 0 Å². The van der Waals surface area contributed by atoms with Crippen molar-refractivity contribution in [3.63, 3.8) is 0 Å². The first-order valence-corrected chi connectivity index (χ1v) is 21.1. The van der Waals surface area contributed by atoms with Gasteiger partial charge in [0.25, 0.3) is 0 Å². The highest BCUT2D eigenvalue weighted by atomic mass is 16.6. The van der Waals surface area contributed by atoms with Gasteiger partial charge in [0.05, 0.1) is 13.2 Å². The fourth-order valence-corrected chi connectivity index (χ4v) is 6.51. The van der Waals surface area contributed by atoms with Crippen LogP contribution in [-0.4, -0.2) is 37.0 Å². The minimum atomic E-state index is -0.524. The molecule has 0 aromatic carbocycles. The topological polar surface area (TPSA) is 55.8 Å². The summed E-state index contributed by atoms with van der Waals surface area (Å²) < 4.78 is 11.2. The number of carbonyl (C=O) groups excluding carboxylic acids is 1. The first-order valence-electron chi connectivity index (χ1n) is 21.1. The zero-order valence-corrected chi connectivity index (χ0v) is 31.6. The standard InChI is InChI=1S/C42H84O4/c1-3-5-7-9-11-13-15-17-19-21-22-24-26-28-30-32-34-36-38-45-40-41(39-43)46-42(44)37-35-33-31-29-27-25-23-20-18-16-14-12-10-8-6-4-2/h41,43H,3-40H2,1-2H3. The van der Waals surface area contributed by atoms with Gasteiger partial charge < -0.3 is 14.6 Å². The van der Waals surface area contributed by atoms with E-state index >= 15 is 0 Å². The number of ether oxygens (including phenoxy) is 2. The van der Waals surface area contributed by atoms with Crippen molar-refractivity contribution >= 4 is 5.97 Å². The lowest BCUT2D eigenvalue weighted by atomic mass is 10.0. The van der Waals surface area contributed by atoms with Gasteiger partial charge in [-0.15, -0.1) is 0 Å². The van der Waals surface area contributed by atoms with E-state index in [2.05, 4.69) is 13.8 Å². The Labute approximate surface area is 289 Å². The molecule has 0 aromatic heterocycles. The van der Waals surface area contributed by atoms with Crippen LogP contribution < -0.4 is 0 Å². The second-order valence-corrected chi connectivity index (χ2v) is 14.4. The van der Waals surface area contributed by atoms with E-state index in [4.69, 9.17) is 9.47 Å². The zero-order valence-electron chi connectivity index (χ0n) is 31.6. The minimum absolute atomic E-state index is 0.163. The molecule has 4 nitrogen and oxygen atoms in total. The van der Waals surface area contributed by atoms with Crippen LogP contribution >= 0.6 is 0 Å². The Morgan fingerprint density at radius 3 is 1.02 bits per heavy atom. The Morgan fingerprint density at radius 1 is 0.435 bits per heavy atom. The van der Waals surface area contributed by atoms with Crippen LogP contribution in [0.2, 0.25) is 0 Å². The highest BCUT2D eigenvalue weighted by Crippen LogP contribution is 2.16. The first kappa shape index (κ1) is 45.4. The summed E-state index contributed by atoms with van der Waals surface area (Å²) in [7, 11) is 0. The van der Waals surface area contributed by atoms with Crippen molar-refractivity contribution in [1.82, 2.24) is 0 Å². The van der Waals surface area contributed by atoms with Gasteiger partial charge in [0.1, 0.15) is 6.10 Å². The molecule has 0 aliphatic rings. The van der Waals surface area contributed by atoms with Crippen LogP contribution in [0.15, 0.2) is 0 Å². The van der Waals surface area contributed by atoms with Gasteiger partial charge in [-0.05, 0) is 12.8 Å². The van der Waals surface area contributed by atoms with Crippen molar-refractivity contribution < 1.29 is 19.4 Å². The van der Waals surface area contributed by atoms with E-state index in [0.29, 0.717) is 19.6 Å². The second-order valence-electron chi connectivity index (χ2n) is 14.4. The van der Waals surface area contributed by atoms with Gasteiger partial charge in [0.15, 0.2) is 0 Å². The average molecular weight is 653 g/mol. The Morgan fingerprint density at radius 2 is 0.717 bits per heavy atom. The highest BCUT2D eigenvalue weighted by molar-refractivity contribution is 5.69. The number of esters is 1. The molecule has 0 aliphatic carbocycles. The zero-order chi connectivity index (χ0) is 33.4. The molecular formula is C42H84O4. The van der Waals surface area contributed by atoms with Crippen LogP contribution in [0.25, 0.3) is 0 Å². The molecule has 1 N–H and O–H groups in total. The first-order chi connectivity index (χ1) is 22.7. The molecule has 0 saturated carbocycles. The van der Waals surface area contributed by atoms with Gasteiger partial charge in [-0.25, -0.2) is 0 Å². The summed E-state index contributed by atoms with van der Waals surface area (Å²) in [4.78, 5) is 12.2. The van der Waals surface area contributed by atoms with Crippen LogP contribution in [0.5, 0.6) is 0 Å². The Bertz CT molecular complexity index is 566. The smallest absolute Gasteiger partial charge is 0.306 e. The summed E-state index contributed by atoms with van der Waals surface area (Å²) >= 11 is 0. The Kier molecular flexibility index (Phi) is 40.0. The number of rotatable bonds is 40. The van der Waals surface area contributed by atoms with E-state index in [1.54, 1.807) is 0 Å². The molecule has 0 heterocycles. The molecular weight excluding hydrogens is 568 g/mol. The average Bonchev–Trinajstić information content (AvgIpc) is 3.06. The molecule has 0 spiro atoms. The van der Waals surface area contributed by atoms with E-state index in [1.807, 2.05) is 0 Å². The van der Waals surface area contributed by atoms with Gasteiger partial charge in [-0.3, -0.25) is 4.79 Å². The van der Waals surface area contributed by atoms with E-state index in [0.717, 1.165) is 19.3 Å². The lowest BCUT2D eigenvalue weighted by molar-refractivity contribution is -0.154. The molecule has 1 unspecified atom stereocenters. The largest absolute Gasteiger partial charge is 0.457 e. The summed E-state index contributed by atoms with van der Waals surface area (Å²) in [6, 6.07) is 0. The lowest BCUT2D eigenvalue weighted by Crippen LogP contribution is -2.27. The number of hydrogen-bond donors (Lipinski definition) is 1. The Balaban J connectivity index is 3.35. The van der Waals surface area contributed by atoms with Crippen molar-refractivity contribution in [2.24, 2.45) is 0 Å². The molecule has 0 aromatic rings. The molecule has 276 valence electrons. The number of aliphatic hydroxyl groups excluding tert-OH is 1. The number of aliphatic hydroxyl groups is 1. The molecule has 1 atom stereocenters. The molecule has 4 heteroatoms.